The predicted octanol–water partition coefficient (Wildman–Crippen LogP) is 1.93. The molecule has 138 valence electrons. The van der Waals surface area contributed by atoms with Gasteiger partial charge in [0.25, 0.3) is 5.91 Å². The molecule has 3 heterocycles. The molecule has 1 aromatic heterocycles. The number of aliphatic hydroxyl groups is 1. The Morgan fingerprint density at radius 2 is 2.00 bits per heavy atom. The van der Waals surface area contributed by atoms with Crippen LogP contribution in [0.4, 0.5) is 0 Å². The normalized spacial score (nSPS) is 28.0. The van der Waals surface area contributed by atoms with Gasteiger partial charge in [0.1, 0.15) is 5.60 Å². The van der Waals surface area contributed by atoms with Gasteiger partial charge in [0, 0.05) is 13.1 Å². The number of fused-ring (bicyclic) bond motifs is 1. The van der Waals surface area contributed by atoms with Gasteiger partial charge >= 0.3 is 0 Å². The summed E-state index contributed by atoms with van der Waals surface area (Å²) in [6, 6.07) is 0. The molecule has 1 N–H and O–H groups in total. The molecule has 5 nitrogen and oxygen atoms in total. The highest BCUT2D eigenvalue weighted by atomic mass is 32.1. The highest BCUT2D eigenvalue weighted by Crippen LogP contribution is 2.31. The van der Waals surface area contributed by atoms with E-state index in [-0.39, 0.29) is 5.91 Å². The van der Waals surface area contributed by atoms with Crippen molar-refractivity contribution >= 4 is 17.2 Å². The lowest BCUT2D eigenvalue weighted by atomic mass is 9.93. The monoisotopic (exact) mass is 364 g/mol. The molecule has 1 atom stereocenters. The molecule has 0 radical (unpaired) electrons. The second kappa shape index (κ2) is 7.35. The third-order valence-electron chi connectivity index (χ3n) is 5.66. The fraction of sp³-hybridized carbons (Fsp3) is 0.737. The SMILES string of the molecule is O=C(c1scc2c1CCCC2)N1CCOC[C@](O)(CN2CCCC2)C1. The molecule has 2 aliphatic heterocycles. The standard InChI is InChI=1S/C19H28N2O3S/c22-18(17-16-6-2-1-5-15(16)11-25-17)21-9-10-24-14-19(23,13-21)12-20-7-3-4-8-20/h11,23H,1-10,12-14H2/t19-/m0/s1. The van der Waals surface area contributed by atoms with Crippen LogP contribution in [0.1, 0.15) is 46.5 Å². The van der Waals surface area contributed by atoms with Crippen LogP contribution < -0.4 is 0 Å². The first-order chi connectivity index (χ1) is 12.1. The third kappa shape index (κ3) is 3.77. The lowest BCUT2D eigenvalue weighted by molar-refractivity contribution is -0.0524. The Kier molecular flexibility index (Phi) is 5.13. The lowest BCUT2D eigenvalue weighted by Crippen LogP contribution is -2.53. The van der Waals surface area contributed by atoms with E-state index in [1.54, 1.807) is 11.3 Å². The number of hydrogen-bond acceptors (Lipinski definition) is 5. The number of β-amino-alcohol motifs (C(OH)–C–C–N with tert-alkyl or cyclic N) is 1. The van der Waals surface area contributed by atoms with Crippen LogP contribution in [0.15, 0.2) is 5.38 Å². The molecule has 0 bridgehead atoms. The van der Waals surface area contributed by atoms with Crippen LogP contribution in [0.25, 0.3) is 0 Å². The molecule has 0 unspecified atom stereocenters. The van der Waals surface area contributed by atoms with Crippen molar-refractivity contribution < 1.29 is 14.6 Å². The van der Waals surface area contributed by atoms with Crippen molar-refractivity contribution in [3.05, 3.63) is 21.4 Å². The smallest absolute Gasteiger partial charge is 0.264 e. The zero-order valence-corrected chi connectivity index (χ0v) is 15.7. The van der Waals surface area contributed by atoms with Crippen LogP contribution in [0.5, 0.6) is 0 Å². The molecule has 4 rings (SSSR count). The van der Waals surface area contributed by atoms with Gasteiger partial charge in [-0.15, -0.1) is 11.3 Å². The Bertz CT molecular complexity index is 626. The Balaban J connectivity index is 1.50. The van der Waals surface area contributed by atoms with Gasteiger partial charge in [-0.3, -0.25) is 4.79 Å². The van der Waals surface area contributed by atoms with Crippen molar-refractivity contribution in [2.45, 2.75) is 44.1 Å². The van der Waals surface area contributed by atoms with Gasteiger partial charge in [-0.2, -0.15) is 0 Å². The third-order valence-corrected chi connectivity index (χ3v) is 6.72. The van der Waals surface area contributed by atoms with Crippen molar-refractivity contribution in [2.24, 2.45) is 0 Å². The summed E-state index contributed by atoms with van der Waals surface area (Å²) in [5, 5.41) is 13.3. The van der Waals surface area contributed by atoms with Crippen LogP contribution in [0, 0.1) is 0 Å². The van der Waals surface area contributed by atoms with Crippen molar-refractivity contribution in [3.8, 4) is 0 Å². The maximum atomic E-state index is 13.2. The van der Waals surface area contributed by atoms with E-state index in [0.29, 0.717) is 32.8 Å². The predicted molar refractivity (Wildman–Crippen MR) is 98.3 cm³/mol. The largest absolute Gasteiger partial charge is 0.384 e. The summed E-state index contributed by atoms with van der Waals surface area (Å²) in [6.07, 6.45) is 6.90. The number of amides is 1. The van der Waals surface area contributed by atoms with Crippen LogP contribution in [-0.2, 0) is 17.6 Å². The van der Waals surface area contributed by atoms with E-state index in [1.165, 1.54) is 36.8 Å². The number of likely N-dealkylation sites (tertiary alicyclic amines) is 1. The molecule has 1 aliphatic carbocycles. The Morgan fingerprint density at radius 1 is 1.20 bits per heavy atom. The summed E-state index contributed by atoms with van der Waals surface area (Å²) in [5.74, 6) is 0.0819. The minimum atomic E-state index is -0.964. The molecule has 1 aromatic rings. The molecular formula is C19H28N2O3S. The average Bonchev–Trinajstić information content (AvgIpc) is 3.22. The molecule has 6 heteroatoms. The molecule has 0 aromatic carbocycles. The van der Waals surface area contributed by atoms with Gasteiger partial charge in [0.2, 0.25) is 0 Å². The number of hydrogen-bond donors (Lipinski definition) is 1. The minimum Gasteiger partial charge on any atom is -0.384 e. The molecule has 25 heavy (non-hydrogen) atoms. The van der Waals surface area contributed by atoms with Crippen molar-refractivity contribution in [3.63, 3.8) is 0 Å². The zero-order chi connectivity index (χ0) is 17.3. The van der Waals surface area contributed by atoms with Gasteiger partial charge in [0.15, 0.2) is 0 Å². The fourth-order valence-corrected chi connectivity index (χ4v) is 5.51. The second-order valence-corrected chi connectivity index (χ2v) is 8.64. The second-order valence-electron chi connectivity index (χ2n) is 7.76. The molecule has 0 saturated carbocycles. The molecule has 2 saturated heterocycles. The summed E-state index contributed by atoms with van der Waals surface area (Å²) >= 11 is 1.58. The number of carbonyl (C=O) groups excluding carboxylic acids is 1. The van der Waals surface area contributed by atoms with Crippen molar-refractivity contribution in [2.75, 3.05) is 45.9 Å². The number of nitrogens with zero attached hydrogens (tertiary/aromatic N) is 2. The van der Waals surface area contributed by atoms with E-state index in [0.717, 1.165) is 30.8 Å². The number of thiophene rings is 1. The average molecular weight is 365 g/mol. The van der Waals surface area contributed by atoms with Gasteiger partial charge in [-0.25, -0.2) is 0 Å². The van der Waals surface area contributed by atoms with Crippen molar-refractivity contribution in [1.82, 2.24) is 9.80 Å². The van der Waals surface area contributed by atoms with Gasteiger partial charge in [-0.1, -0.05) is 0 Å². The van der Waals surface area contributed by atoms with Gasteiger partial charge in [-0.05, 0) is 68.1 Å². The number of carbonyl (C=O) groups is 1. The summed E-state index contributed by atoms with van der Waals surface area (Å²) < 4.78 is 5.66. The molecular weight excluding hydrogens is 336 g/mol. The summed E-state index contributed by atoms with van der Waals surface area (Å²) in [7, 11) is 0. The minimum absolute atomic E-state index is 0.0819. The summed E-state index contributed by atoms with van der Waals surface area (Å²) in [5.41, 5.74) is 1.65. The Labute approximate surface area is 153 Å². The Morgan fingerprint density at radius 3 is 2.84 bits per heavy atom. The first kappa shape index (κ1) is 17.5. The Hall–Kier alpha value is -0.950. The molecule has 0 spiro atoms. The maximum absolute atomic E-state index is 13.2. The number of aryl methyl sites for hydroxylation is 1. The lowest BCUT2D eigenvalue weighted by Gasteiger charge is -2.34. The van der Waals surface area contributed by atoms with Crippen LogP contribution >= 0.6 is 11.3 Å². The van der Waals surface area contributed by atoms with E-state index in [9.17, 15) is 9.90 Å². The highest BCUT2D eigenvalue weighted by Gasteiger charge is 2.37. The van der Waals surface area contributed by atoms with E-state index >= 15 is 0 Å². The first-order valence-corrected chi connectivity index (χ1v) is 10.4. The molecule has 1 amide bonds. The quantitative estimate of drug-likeness (QED) is 0.890. The topological polar surface area (TPSA) is 53.0 Å². The van der Waals surface area contributed by atoms with E-state index in [2.05, 4.69) is 10.3 Å². The first-order valence-electron chi connectivity index (χ1n) is 9.56. The molecule has 2 fully saturated rings. The number of ether oxygens (including phenoxy) is 1. The van der Waals surface area contributed by atoms with E-state index in [4.69, 9.17) is 4.74 Å². The van der Waals surface area contributed by atoms with Crippen molar-refractivity contribution in [1.29, 1.82) is 0 Å². The summed E-state index contributed by atoms with van der Waals surface area (Å²) in [6.45, 7) is 4.42. The number of rotatable bonds is 3. The van der Waals surface area contributed by atoms with Crippen LogP contribution in [0.3, 0.4) is 0 Å². The van der Waals surface area contributed by atoms with E-state index in [1.807, 2.05) is 4.90 Å². The van der Waals surface area contributed by atoms with Gasteiger partial charge in [0.05, 0.1) is 24.6 Å². The summed E-state index contributed by atoms with van der Waals surface area (Å²) in [4.78, 5) is 18.2. The van der Waals surface area contributed by atoms with Crippen LogP contribution in [0.2, 0.25) is 0 Å². The highest BCUT2D eigenvalue weighted by molar-refractivity contribution is 7.12. The zero-order valence-electron chi connectivity index (χ0n) is 14.8. The molecule has 3 aliphatic rings. The maximum Gasteiger partial charge on any atom is 0.264 e. The van der Waals surface area contributed by atoms with Gasteiger partial charge < -0.3 is 19.6 Å². The van der Waals surface area contributed by atoms with Crippen LogP contribution in [-0.4, -0.2) is 72.4 Å². The van der Waals surface area contributed by atoms with E-state index < -0.39 is 5.60 Å². The fourth-order valence-electron chi connectivity index (χ4n) is 4.39.